The third-order valence-electron chi connectivity index (χ3n) is 2.68. The first-order valence-corrected chi connectivity index (χ1v) is 6.94. The summed E-state index contributed by atoms with van der Waals surface area (Å²) in [4.78, 5) is 11.3. The minimum absolute atomic E-state index is 0.183. The molecule has 0 saturated carbocycles. The zero-order valence-corrected chi connectivity index (χ0v) is 9.96. The van der Waals surface area contributed by atoms with Crippen LogP contribution in [0, 0.1) is 0 Å². The van der Waals surface area contributed by atoms with E-state index in [0.717, 1.165) is 5.56 Å². The average Bonchev–Trinajstić information content (AvgIpc) is 2.28. The molecule has 0 unspecified atom stereocenters. The minimum Gasteiger partial charge on any atom is -0.387 e. The number of benzene rings is 1. The Hall–Kier alpha value is -1.40. The van der Waals surface area contributed by atoms with Crippen LogP contribution in [0.1, 0.15) is 12.0 Å². The van der Waals surface area contributed by atoms with Crippen LogP contribution in [-0.2, 0) is 21.1 Å². The van der Waals surface area contributed by atoms with E-state index in [1.54, 1.807) is 6.07 Å². The number of hydrogen-bond acceptors (Lipinski definition) is 4. The van der Waals surface area contributed by atoms with Gasteiger partial charge in [-0.1, -0.05) is 0 Å². The van der Waals surface area contributed by atoms with E-state index in [4.69, 9.17) is 5.11 Å². The predicted molar refractivity (Wildman–Crippen MR) is 62.5 cm³/mol. The van der Waals surface area contributed by atoms with E-state index in [1.807, 2.05) is 0 Å². The number of anilines is 1. The second-order valence-corrected chi connectivity index (χ2v) is 6.03. The fourth-order valence-corrected chi connectivity index (χ4v) is 3.50. The third-order valence-corrected chi connectivity index (χ3v) is 4.58. The molecule has 0 aliphatic carbocycles. The number of rotatable bonds is 2. The van der Waals surface area contributed by atoms with E-state index in [2.05, 4.69) is 5.32 Å². The van der Waals surface area contributed by atoms with Crippen molar-refractivity contribution in [3.05, 3.63) is 23.8 Å². The van der Waals surface area contributed by atoms with Gasteiger partial charge in [0.25, 0.3) is 0 Å². The number of carbonyl (C=O) groups is 1. The highest BCUT2D eigenvalue weighted by Gasteiger charge is 2.23. The molecule has 6 heteroatoms. The molecule has 2 N–H and O–H groups in total. The largest absolute Gasteiger partial charge is 0.387 e. The fraction of sp³-hybridized carbons (Fsp3) is 0.364. The standard InChI is InChI=1S/C11H13NO4S/c13-7-11(14)12-9-3-4-10-8(6-9)2-1-5-17(10,15)16/h3-4,6,13H,1-2,5,7H2,(H,12,14). The predicted octanol–water partition coefficient (Wildman–Crippen LogP) is 0.337. The Kier molecular flexibility index (Phi) is 3.17. The number of nitrogens with one attached hydrogen (secondary N) is 1. The van der Waals surface area contributed by atoms with Gasteiger partial charge in [0.05, 0.1) is 10.6 Å². The van der Waals surface area contributed by atoms with Gasteiger partial charge in [-0.3, -0.25) is 4.79 Å². The number of fused-ring (bicyclic) bond motifs is 1. The molecule has 92 valence electrons. The van der Waals surface area contributed by atoms with Crippen LogP contribution >= 0.6 is 0 Å². The molecule has 5 nitrogen and oxygen atoms in total. The molecule has 0 radical (unpaired) electrons. The van der Waals surface area contributed by atoms with E-state index in [9.17, 15) is 13.2 Å². The van der Waals surface area contributed by atoms with E-state index < -0.39 is 22.4 Å². The normalized spacial score (nSPS) is 17.2. The van der Waals surface area contributed by atoms with Gasteiger partial charge in [0.1, 0.15) is 6.61 Å². The molecule has 1 aromatic carbocycles. The highest BCUT2D eigenvalue weighted by molar-refractivity contribution is 7.91. The van der Waals surface area contributed by atoms with Crippen molar-refractivity contribution < 1.29 is 18.3 Å². The van der Waals surface area contributed by atoms with Crippen molar-refractivity contribution in [3.63, 3.8) is 0 Å². The number of aliphatic hydroxyl groups excluding tert-OH is 1. The summed E-state index contributed by atoms with van der Waals surface area (Å²) in [5.74, 6) is -0.328. The number of aliphatic hydroxyl groups is 1. The molecule has 1 aromatic rings. The summed E-state index contributed by atoms with van der Waals surface area (Å²) in [6, 6.07) is 4.70. The van der Waals surface area contributed by atoms with Crippen molar-refractivity contribution in [2.24, 2.45) is 0 Å². The van der Waals surface area contributed by atoms with Crippen molar-refractivity contribution in [1.29, 1.82) is 0 Å². The third kappa shape index (κ3) is 2.48. The van der Waals surface area contributed by atoms with Gasteiger partial charge >= 0.3 is 0 Å². The Morgan fingerprint density at radius 1 is 1.41 bits per heavy atom. The van der Waals surface area contributed by atoms with Crippen LogP contribution in [-0.4, -0.2) is 31.8 Å². The molecule has 1 heterocycles. The summed E-state index contributed by atoms with van der Waals surface area (Å²) < 4.78 is 23.5. The molecule has 1 aliphatic heterocycles. The van der Waals surface area contributed by atoms with Gasteiger partial charge in [-0.15, -0.1) is 0 Å². The first kappa shape index (κ1) is 12.1. The quantitative estimate of drug-likeness (QED) is 0.798. The first-order valence-electron chi connectivity index (χ1n) is 5.29. The molecule has 0 fully saturated rings. The number of carbonyl (C=O) groups excluding carboxylic acids is 1. The van der Waals surface area contributed by atoms with E-state index in [0.29, 0.717) is 23.4 Å². The van der Waals surface area contributed by atoms with Gasteiger partial charge in [-0.05, 0) is 36.6 Å². The van der Waals surface area contributed by atoms with Crippen molar-refractivity contribution in [3.8, 4) is 0 Å². The lowest BCUT2D eigenvalue weighted by Crippen LogP contribution is -2.18. The lowest BCUT2D eigenvalue weighted by atomic mass is 10.1. The van der Waals surface area contributed by atoms with Crippen LogP contribution in [0.2, 0.25) is 0 Å². The molecule has 0 aromatic heterocycles. The second-order valence-electron chi connectivity index (χ2n) is 3.95. The number of aryl methyl sites for hydroxylation is 1. The van der Waals surface area contributed by atoms with Crippen molar-refractivity contribution >= 4 is 21.4 Å². The Morgan fingerprint density at radius 3 is 2.88 bits per heavy atom. The Labute approximate surface area is 99.4 Å². The molecule has 17 heavy (non-hydrogen) atoms. The van der Waals surface area contributed by atoms with Crippen LogP contribution in [0.15, 0.2) is 23.1 Å². The van der Waals surface area contributed by atoms with Crippen LogP contribution in [0.25, 0.3) is 0 Å². The van der Waals surface area contributed by atoms with Gasteiger partial charge < -0.3 is 10.4 Å². The summed E-state index contributed by atoms with van der Waals surface area (Å²) in [6.07, 6.45) is 1.30. The zero-order chi connectivity index (χ0) is 12.5. The topological polar surface area (TPSA) is 83.5 Å². The summed E-state index contributed by atoms with van der Waals surface area (Å²) in [6.45, 7) is -0.588. The summed E-state index contributed by atoms with van der Waals surface area (Å²) in [5, 5.41) is 11.1. The van der Waals surface area contributed by atoms with E-state index in [1.165, 1.54) is 12.1 Å². The molecule has 1 amide bonds. The number of hydrogen-bond donors (Lipinski definition) is 2. The smallest absolute Gasteiger partial charge is 0.250 e. The summed E-state index contributed by atoms with van der Waals surface area (Å²) in [7, 11) is -3.15. The van der Waals surface area contributed by atoms with Crippen molar-refractivity contribution in [2.45, 2.75) is 17.7 Å². The Morgan fingerprint density at radius 2 is 2.18 bits per heavy atom. The van der Waals surface area contributed by atoms with E-state index in [-0.39, 0.29) is 5.75 Å². The highest BCUT2D eigenvalue weighted by atomic mass is 32.2. The van der Waals surface area contributed by atoms with Crippen LogP contribution in [0.5, 0.6) is 0 Å². The summed E-state index contributed by atoms with van der Waals surface area (Å²) in [5.41, 5.74) is 1.24. The maximum Gasteiger partial charge on any atom is 0.250 e. The molecular weight excluding hydrogens is 242 g/mol. The molecule has 0 spiro atoms. The van der Waals surface area contributed by atoms with Crippen LogP contribution in [0.4, 0.5) is 5.69 Å². The molecule has 2 rings (SSSR count). The maximum atomic E-state index is 11.7. The molecule has 0 atom stereocenters. The first-order chi connectivity index (χ1) is 8.03. The molecule has 0 saturated heterocycles. The Bertz CT molecular complexity index is 551. The van der Waals surface area contributed by atoms with Gasteiger partial charge in [-0.25, -0.2) is 8.42 Å². The van der Waals surface area contributed by atoms with Crippen molar-refractivity contribution in [2.75, 3.05) is 17.7 Å². The summed E-state index contributed by atoms with van der Waals surface area (Å²) >= 11 is 0. The number of sulfone groups is 1. The van der Waals surface area contributed by atoms with Crippen molar-refractivity contribution in [1.82, 2.24) is 0 Å². The second kappa shape index (κ2) is 4.46. The van der Waals surface area contributed by atoms with Crippen LogP contribution in [0.3, 0.4) is 0 Å². The lowest BCUT2D eigenvalue weighted by molar-refractivity contribution is -0.118. The minimum atomic E-state index is -3.15. The maximum absolute atomic E-state index is 11.7. The SMILES string of the molecule is O=C(CO)Nc1ccc2c(c1)CCCS2(=O)=O. The van der Waals surface area contributed by atoms with Crippen LogP contribution < -0.4 is 5.32 Å². The van der Waals surface area contributed by atoms with E-state index >= 15 is 0 Å². The van der Waals surface area contributed by atoms with Gasteiger partial charge in [-0.2, -0.15) is 0 Å². The van der Waals surface area contributed by atoms with Gasteiger partial charge in [0.2, 0.25) is 5.91 Å². The lowest BCUT2D eigenvalue weighted by Gasteiger charge is -2.17. The monoisotopic (exact) mass is 255 g/mol. The van der Waals surface area contributed by atoms with Gasteiger partial charge in [0.15, 0.2) is 9.84 Å². The Balaban J connectivity index is 2.35. The highest BCUT2D eigenvalue weighted by Crippen LogP contribution is 2.27. The number of amides is 1. The zero-order valence-electron chi connectivity index (χ0n) is 9.14. The molecule has 1 aliphatic rings. The fourth-order valence-electron chi connectivity index (χ4n) is 1.92. The molecular formula is C11H13NO4S. The average molecular weight is 255 g/mol. The molecule has 0 bridgehead atoms. The van der Waals surface area contributed by atoms with Gasteiger partial charge in [0, 0.05) is 5.69 Å².